The number of nitrogens with zero attached hydrogens (tertiary/aromatic N) is 1. The van der Waals surface area contributed by atoms with Gasteiger partial charge >= 0.3 is 0 Å². The minimum Gasteiger partial charge on any atom is -0.349 e. The molecule has 1 atom stereocenters. The third-order valence-electron chi connectivity index (χ3n) is 4.18. The van der Waals surface area contributed by atoms with E-state index in [0.717, 1.165) is 18.4 Å². The van der Waals surface area contributed by atoms with E-state index in [1.54, 1.807) is 12.1 Å². The highest BCUT2D eigenvalue weighted by molar-refractivity contribution is 7.92. The molecule has 0 saturated carbocycles. The Bertz CT molecular complexity index is 668. The molecule has 5 nitrogen and oxygen atoms in total. The molecular formula is C16H24N2O3S. The Hall–Kier alpha value is -1.56. The van der Waals surface area contributed by atoms with E-state index in [0.29, 0.717) is 23.7 Å². The molecule has 122 valence electrons. The van der Waals surface area contributed by atoms with Gasteiger partial charge in [0.25, 0.3) is 5.91 Å². The van der Waals surface area contributed by atoms with Crippen LogP contribution in [0.3, 0.4) is 0 Å². The number of rotatable bonds is 4. The van der Waals surface area contributed by atoms with Crippen molar-refractivity contribution >= 4 is 21.6 Å². The number of nitrogens with one attached hydrogen (secondary N) is 1. The summed E-state index contributed by atoms with van der Waals surface area (Å²) in [5, 5.41) is 2.97. The van der Waals surface area contributed by atoms with Gasteiger partial charge in [-0.2, -0.15) is 0 Å². The van der Waals surface area contributed by atoms with Crippen molar-refractivity contribution in [2.45, 2.75) is 39.7 Å². The first-order valence-electron chi connectivity index (χ1n) is 7.61. The van der Waals surface area contributed by atoms with Crippen LogP contribution in [0.2, 0.25) is 0 Å². The first kappa shape index (κ1) is 16.8. The number of aryl methyl sites for hydroxylation is 1. The van der Waals surface area contributed by atoms with Crippen LogP contribution in [0, 0.1) is 5.92 Å². The third kappa shape index (κ3) is 3.61. The molecular weight excluding hydrogens is 300 g/mol. The first-order valence-corrected chi connectivity index (χ1v) is 9.46. The Morgan fingerprint density at radius 1 is 1.27 bits per heavy atom. The lowest BCUT2D eigenvalue weighted by Gasteiger charge is -2.29. The Morgan fingerprint density at radius 3 is 2.55 bits per heavy atom. The lowest BCUT2D eigenvalue weighted by atomic mass is 10.00. The normalized spacial score (nSPS) is 16.3. The predicted octanol–water partition coefficient (Wildman–Crippen LogP) is 2.17. The van der Waals surface area contributed by atoms with Crippen molar-refractivity contribution in [3.05, 3.63) is 29.3 Å². The fourth-order valence-electron chi connectivity index (χ4n) is 2.51. The van der Waals surface area contributed by atoms with Crippen molar-refractivity contribution in [2.24, 2.45) is 5.92 Å². The summed E-state index contributed by atoms with van der Waals surface area (Å²) in [6.07, 6.45) is 2.78. The van der Waals surface area contributed by atoms with Crippen LogP contribution >= 0.6 is 0 Å². The highest BCUT2D eigenvalue weighted by Gasteiger charge is 2.25. The van der Waals surface area contributed by atoms with Gasteiger partial charge < -0.3 is 5.32 Å². The molecule has 6 heteroatoms. The summed E-state index contributed by atoms with van der Waals surface area (Å²) in [6.45, 7) is 6.59. The van der Waals surface area contributed by atoms with E-state index in [4.69, 9.17) is 0 Å². The average molecular weight is 324 g/mol. The van der Waals surface area contributed by atoms with E-state index in [2.05, 4.69) is 19.2 Å². The quantitative estimate of drug-likeness (QED) is 0.923. The molecule has 1 aromatic rings. The molecule has 22 heavy (non-hydrogen) atoms. The molecule has 1 amide bonds. The molecule has 1 heterocycles. The second-order valence-corrected chi connectivity index (χ2v) is 8.20. The summed E-state index contributed by atoms with van der Waals surface area (Å²) in [6, 6.07) is 5.35. The maximum absolute atomic E-state index is 12.3. The molecule has 0 aliphatic carbocycles. The zero-order chi connectivity index (χ0) is 16.5. The van der Waals surface area contributed by atoms with Gasteiger partial charge in [-0.3, -0.25) is 9.10 Å². The topological polar surface area (TPSA) is 66.5 Å². The summed E-state index contributed by atoms with van der Waals surface area (Å²) < 4.78 is 25.1. The van der Waals surface area contributed by atoms with Gasteiger partial charge in [0, 0.05) is 18.2 Å². The van der Waals surface area contributed by atoms with Gasteiger partial charge in [0.1, 0.15) is 0 Å². The molecule has 0 spiro atoms. The Balaban J connectivity index is 2.27. The highest BCUT2D eigenvalue weighted by Crippen LogP contribution is 2.29. The molecule has 0 radical (unpaired) electrons. The van der Waals surface area contributed by atoms with Gasteiger partial charge in [0.2, 0.25) is 10.0 Å². The van der Waals surface area contributed by atoms with E-state index in [1.807, 2.05) is 13.0 Å². The van der Waals surface area contributed by atoms with Crippen LogP contribution in [0.15, 0.2) is 18.2 Å². The van der Waals surface area contributed by atoms with E-state index in [9.17, 15) is 13.2 Å². The minimum absolute atomic E-state index is 0.0936. The van der Waals surface area contributed by atoms with Crippen molar-refractivity contribution in [2.75, 3.05) is 17.1 Å². The number of fused-ring (bicyclic) bond motifs is 1. The van der Waals surface area contributed by atoms with Gasteiger partial charge in [-0.05, 0) is 49.4 Å². The molecule has 0 bridgehead atoms. The number of hydrogen-bond donors (Lipinski definition) is 1. The van der Waals surface area contributed by atoms with Crippen molar-refractivity contribution in [1.82, 2.24) is 5.32 Å². The largest absolute Gasteiger partial charge is 0.349 e. The third-order valence-corrected chi connectivity index (χ3v) is 5.36. The van der Waals surface area contributed by atoms with Crippen molar-refractivity contribution < 1.29 is 13.2 Å². The maximum atomic E-state index is 12.3. The number of carbonyl (C=O) groups is 1. The van der Waals surface area contributed by atoms with E-state index in [1.165, 1.54) is 10.6 Å². The van der Waals surface area contributed by atoms with Crippen LogP contribution in [0.4, 0.5) is 5.69 Å². The molecule has 0 fully saturated rings. The van der Waals surface area contributed by atoms with Crippen LogP contribution in [0.5, 0.6) is 0 Å². The SMILES string of the molecule is CC(C)C(C)NC(=O)c1ccc2c(c1)CCCN2S(C)(=O)=O. The van der Waals surface area contributed by atoms with Gasteiger partial charge in [-0.15, -0.1) is 0 Å². The van der Waals surface area contributed by atoms with Crippen molar-refractivity contribution in [3.63, 3.8) is 0 Å². The summed E-state index contributed by atoms with van der Waals surface area (Å²) in [4.78, 5) is 12.3. The van der Waals surface area contributed by atoms with Gasteiger partial charge in [-0.1, -0.05) is 13.8 Å². The van der Waals surface area contributed by atoms with Crippen molar-refractivity contribution in [3.8, 4) is 0 Å². The Labute approximate surface area is 132 Å². The van der Waals surface area contributed by atoms with Crippen LogP contribution in [0.1, 0.15) is 43.1 Å². The second kappa shape index (κ2) is 6.28. The molecule has 1 aliphatic rings. The smallest absolute Gasteiger partial charge is 0.251 e. The van der Waals surface area contributed by atoms with Gasteiger partial charge in [0.15, 0.2) is 0 Å². The fourth-order valence-corrected chi connectivity index (χ4v) is 3.50. The molecule has 1 aliphatic heterocycles. The maximum Gasteiger partial charge on any atom is 0.251 e. The highest BCUT2D eigenvalue weighted by atomic mass is 32.2. The number of benzene rings is 1. The van der Waals surface area contributed by atoms with Crippen molar-refractivity contribution in [1.29, 1.82) is 0 Å². The van der Waals surface area contributed by atoms with E-state index >= 15 is 0 Å². The number of amides is 1. The van der Waals surface area contributed by atoms with Gasteiger partial charge in [0.05, 0.1) is 11.9 Å². The zero-order valence-corrected chi connectivity index (χ0v) is 14.4. The molecule has 1 N–H and O–H groups in total. The lowest BCUT2D eigenvalue weighted by molar-refractivity contribution is 0.0930. The Kier molecular flexibility index (Phi) is 4.80. The number of carbonyl (C=O) groups excluding carboxylic acids is 1. The van der Waals surface area contributed by atoms with Crippen LogP contribution in [-0.2, 0) is 16.4 Å². The number of sulfonamides is 1. The van der Waals surface area contributed by atoms with Crippen LogP contribution < -0.4 is 9.62 Å². The summed E-state index contributed by atoms with van der Waals surface area (Å²) in [7, 11) is -3.27. The van der Waals surface area contributed by atoms with Gasteiger partial charge in [-0.25, -0.2) is 8.42 Å². The summed E-state index contributed by atoms with van der Waals surface area (Å²) >= 11 is 0. The van der Waals surface area contributed by atoms with E-state index < -0.39 is 10.0 Å². The number of hydrogen-bond acceptors (Lipinski definition) is 3. The number of anilines is 1. The summed E-state index contributed by atoms with van der Waals surface area (Å²) in [5.41, 5.74) is 2.20. The Morgan fingerprint density at radius 2 is 1.95 bits per heavy atom. The standard InChI is InChI=1S/C16H24N2O3S/c1-11(2)12(3)17-16(19)14-7-8-15-13(10-14)6-5-9-18(15)22(4,20)21/h7-8,10-12H,5-6,9H2,1-4H3,(H,17,19). The predicted molar refractivity (Wildman–Crippen MR) is 88.7 cm³/mol. The molecule has 2 rings (SSSR count). The molecule has 0 aromatic heterocycles. The first-order chi connectivity index (χ1) is 10.2. The fraction of sp³-hybridized carbons (Fsp3) is 0.562. The lowest BCUT2D eigenvalue weighted by Crippen LogP contribution is -2.37. The molecule has 1 aromatic carbocycles. The molecule has 1 unspecified atom stereocenters. The van der Waals surface area contributed by atoms with Crippen LogP contribution in [0.25, 0.3) is 0 Å². The minimum atomic E-state index is -3.27. The van der Waals surface area contributed by atoms with E-state index in [-0.39, 0.29) is 11.9 Å². The average Bonchev–Trinajstić information content (AvgIpc) is 2.44. The monoisotopic (exact) mass is 324 g/mol. The summed E-state index contributed by atoms with van der Waals surface area (Å²) in [5.74, 6) is 0.253. The zero-order valence-electron chi connectivity index (χ0n) is 13.6. The second-order valence-electron chi connectivity index (χ2n) is 6.29. The molecule has 0 saturated heterocycles. The van der Waals surface area contributed by atoms with Crippen LogP contribution in [-0.4, -0.2) is 33.2 Å².